The molecule has 3 atom stereocenters. The molecular formula is C16H23NO3S2. The molecule has 1 saturated carbocycles. The van der Waals surface area contributed by atoms with E-state index in [1.807, 2.05) is 0 Å². The van der Waals surface area contributed by atoms with Crippen LogP contribution in [-0.2, 0) is 11.3 Å². The van der Waals surface area contributed by atoms with Gasteiger partial charge in [-0.3, -0.25) is 14.2 Å². The number of aliphatic carboxylic acids is 1. The quantitative estimate of drug-likeness (QED) is 0.909. The summed E-state index contributed by atoms with van der Waals surface area (Å²) in [6, 6.07) is 0. The van der Waals surface area contributed by atoms with Crippen LogP contribution < -0.4 is 4.87 Å². The summed E-state index contributed by atoms with van der Waals surface area (Å²) >= 11 is 3.13. The Morgan fingerprint density at radius 3 is 2.82 bits per heavy atom. The number of nitrogens with zero attached hydrogens (tertiary/aromatic N) is 1. The summed E-state index contributed by atoms with van der Waals surface area (Å²) in [7, 11) is 0. The molecule has 0 amide bonds. The maximum absolute atomic E-state index is 12.4. The summed E-state index contributed by atoms with van der Waals surface area (Å²) in [5, 5.41) is 9.95. The lowest BCUT2D eigenvalue weighted by Crippen LogP contribution is -2.39. The molecule has 4 nitrogen and oxygen atoms in total. The fourth-order valence-corrected chi connectivity index (χ4v) is 6.84. The number of hydrogen-bond acceptors (Lipinski definition) is 4. The molecule has 0 spiro atoms. The van der Waals surface area contributed by atoms with E-state index >= 15 is 0 Å². The minimum atomic E-state index is -0.851. The standard InChI is InChI=1S/C16H23NO3S2/c1-9-4-5-11-10(8-9)13-14(22-16(11,2)3)17(15(20)21-13)7-6-12(18)19/h9-11H,4-8H2,1-3H3,(H,18,19)/t9-,10-,11-/m1/s1. The maximum Gasteiger partial charge on any atom is 0.308 e. The second-order valence-electron chi connectivity index (χ2n) is 7.17. The molecule has 0 bridgehead atoms. The number of thiazole rings is 1. The van der Waals surface area contributed by atoms with E-state index in [4.69, 9.17) is 5.11 Å². The largest absolute Gasteiger partial charge is 0.481 e. The molecule has 1 fully saturated rings. The molecular weight excluding hydrogens is 318 g/mol. The number of rotatable bonds is 3. The SMILES string of the molecule is C[C@@H]1CC[C@@H]2[C@@H](C1)c1sc(=O)n(CCC(=O)O)c1SC2(C)C. The Bertz CT molecular complexity index is 646. The highest BCUT2D eigenvalue weighted by Crippen LogP contribution is 2.58. The number of carboxylic acid groups (broad SMARTS) is 1. The first-order valence-electron chi connectivity index (χ1n) is 7.94. The zero-order valence-corrected chi connectivity index (χ0v) is 14.9. The Morgan fingerprint density at radius 2 is 2.14 bits per heavy atom. The van der Waals surface area contributed by atoms with Crippen LogP contribution in [0.25, 0.3) is 0 Å². The van der Waals surface area contributed by atoms with Crippen LogP contribution in [0.15, 0.2) is 9.82 Å². The molecule has 1 aromatic rings. The van der Waals surface area contributed by atoms with Crippen molar-refractivity contribution in [2.24, 2.45) is 11.8 Å². The van der Waals surface area contributed by atoms with Gasteiger partial charge in [0, 0.05) is 22.1 Å². The molecule has 0 unspecified atom stereocenters. The number of carboxylic acids is 1. The van der Waals surface area contributed by atoms with Gasteiger partial charge in [-0.2, -0.15) is 0 Å². The van der Waals surface area contributed by atoms with Gasteiger partial charge < -0.3 is 5.11 Å². The molecule has 3 rings (SSSR count). The molecule has 0 aromatic carbocycles. The van der Waals surface area contributed by atoms with Crippen molar-refractivity contribution in [3.8, 4) is 0 Å². The van der Waals surface area contributed by atoms with Crippen LogP contribution in [0, 0.1) is 11.8 Å². The fourth-order valence-electron chi connectivity index (χ4n) is 3.98. The van der Waals surface area contributed by atoms with Gasteiger partial charge in [0.25, 0.3) is 0 Å². The first kappa shape index (κ1) is 16.1. The Hall–Kier alpha value is -0.750. The molecule has 22 heavy (non-hydrogen) atoms. The average Bonchev–Trinajstić information content (AvgIpc) is 2.71. The van der Waals surface area contributed by atoms with Gasteiger partial charge in [-0.1, -0.05) is 38.5 Å². The van der Waals surface area contributed by atoms with Crippen molar-refractivity contribution in [3.63, 3.8) is 0 Å². The third-order valence-electron chi connectivity index (χ3n) is 5.12. The zero-order valence-electron chi connectivity index (χ0n) is 13.3. The number of hydrogen-bond donors (Lipinski definition) is 1. The highest BCUT2D eigenvalue weighted by molar-refractivity contribution is 8.00. The van der Waals surface area contributed by atoms with Crippen LogP contribution in [0.5, 0.6) is 0 Å². The molecule has 122 valence electrons. The molecule has 6 heteroatoms. The third-order valence-corrected chi connectivity index (χ3v) is 7.83. The van der Waals surface area contributed by atoms with Crippen LogP contribution in [0.3, 0.4) is 0 Å². The number of fused-ring (bicyclic) bond motifs is 3. The average molecular weight is 341 g/mol. The Balaban J connectivity index is 2.01. The number of carbonyl (C=O) groups is 1. The third kappa shape index (κ3) is 2.75. The van der Waals surface area contributed by atoms with E-state index < -0.39 is 5.97 Å². The van der Waals surface area contributed by atoms with Crippen molar-refractivity contribution < 1.29 is 9.90 Å². The van der Waals surface area contributed by atoms with E-state index in [1.165, 1.54) is 29.1 Å². The lowest BCUT2D eigenvalue weighted by molar-refractivity contribution is -0.137. The molecule has 1 aliphatic carbocycles. The highest BCUT2D eigenvalue weighted by Gasteiger charge is 2.47. The van der Waals surface area contributed by atoms with E-state index in [0.29, 0.717) is 17.8 Å². The van der Waals surface area contributed by atoms with Gasteiger partial charge in [0.05, 0.1) is 11.4 Å². The Kier molecular flexibility index (Phi) is 4.18. The van der Waals surface area contributed by atoms with Crippen molar-refractivity contribution in [2.75, 3.05) is 0 Å². The minimum Gasteiger partial charge on any atom is -0.481 e. The predicted molar refractivity (Wildman–Crippen MR) is 90.0 cm³/mol. The maximum atomic E-state index is 12.4. The minimum absolute atomic E-state index is 0.00780. The van der Waals surface area contributed by atoms with Crippen LogP contribution in [0.1, 0.15) is 57.2 Å². The molecule has 0 saturated heterocycles. The first-order chi connectivity index (χ1) is 10.3. The van der Waals surface area contributed by atoms with E-state index in [-0.39, 0.29) is 22.6 Å². The number of thioether (sulfide) groups is 1. The smallest absolute Gasteiger partial charge is 0.308 e. The Labute approximate surface area is 138 Å². The molecule has 0 radical (unpaired) electrons. The van der Waals surface area contributed by atoms with Crippen LogP contribution in [0.2, 0.25) is 0 Å². The topological polar surface area (TPSA) is 59.3 Å². The summed E-state index contributed by atoms with van der Waals surface area (Å²) in [4.78, 5) is 24.4. The number of aromatic nitrogens is 1. The van der Waals surface area contributed by atoms with Crippen LogP contribution in [0.4, 0.5) is 0 Å². The van der Waals surface area contributed by atoms with E-state index in [9.17, 15) is 9.59 Å². The summed E-state index contributed by atoms with van der Waals surface area (Å²) in [5.74, 6) is 0.944. The van der Waals surface area contributed by atoms with Crippen molar-refractivity contribution in [3.05, 3.63) is 14.5 Å². The first-order valence-corrected chi connectivity index (χ1v) is 9.57. The molecule has 1 aromatic heterocycles. The van der Waals surface area contributed by atoms with Crippen LogP contribution in [-0.4, -0.2) is 20.4 Å². The van der Waals surface area contributed by atoms with Gasteiger partial charge in [-0.25, -0.2) is 0 Å². The molecule has 1 N–H and O–H groups in total. The van der Waals surface area contributed by atoms with Crippen molar-refractivity contribution >= 4 is 29.1 Å². The zero-order chi connectivity index (χ0) is 16.1. The normalized spacial score (nSPS) is 29.7. The van der Waals surface area contributed by atoms with Gasteiger partial charge in [0.2, 0.25) is 0 Å². The van der Waals surface area contributed by atoms with Gasteiger partial charge in [-0.05, 0) is 24.7 Å². The summed E-state index contributed by atoms with van der Waals surface area (Å²) in [6.45, 7) is 7.14. The molecule has 1 aliphatic heterocycles. The van der Waals surface area contributed by atoms with Gasteiger partial charge >= 0.3 is 10.8 Å². The summed E-state index contributed by atoms with van der Waals surface area (Å²) < 4.78 is 1.81. The molecule has 2 heterocycles. The molecule has 2 aliphatic rings. The van der Waals surface area contributed by atoms with Gasteiger partial charge in [0.15, 0.2) is 0 Å². The highest BCUT2D eigenvalue weighted by atomic mass is 32.2. The fraction of sp³-hybridized carbons (Fsp3) is 0.750. The second-order valence-corrected chi connectivity index (χ2v) is 9.81. The Morgan fingerprint density at radius 1 is 1.41 bits per heavy atom. The second kappa shape index (κ2) is 5.71. The van der Waals surface area contributed by atoms with Gasteiger partial charge in [0.1, 0.15) is 0 Å². The van der Waals surface area contributed by atoms with E-state index in [0.717, 1.165) is 11.4 Å². The van der Waals surface area contributed by atoms with Crippen molar-refractivity contribution in [2.45, 2.75) is 68.7 Å². The van der Waals surface area contributed by atoms with Crippen LogP contribution >= 0.6 is 23.1 Å². The lowest BCUT2D eigenvalue weighted by atomic mass is 9.69. The predicted octanol–water partition coefficient (Wildman–Crippen LogP) is 3.79. The van der Waals surface area contributed by atoms with Crippen molar-refractivity contribution in [1.82, 2.24) is 4.57 Å². The summed E-state index contributed by atoms with van der Waals surface area (Å²) in [6.07, 6.45) is 3.66. The van der Waals surface area contributed by atoms with E-state index in [2.05, 4.69) is 20.8 Å². The monoisotopic (exact) mass is 341 g/mol. The van der Waals surface area contributed by atoms with Crippen molar-refractivity contribution in [1.29, 1.82) is 0 Å². The van der Waals surface area contributed by atoms with Gasteiger partial charge in [-0.15, -0.1) is 11.8 Å². The lowest BCUT2D eigenvalue weighted by Gasteiger charge is -2.47. The summed E-state index contributed by atoms with van der Waals surface area (Å²) in [5.41, 5.74) is 0. The van der Waals surface area contributed by atoms with E-state index in [1.54, 1.807) is 16.3 Å².